The van der Waals surface area contributed by atoms with Crippen LogP contribution in [0.15, 0.2) is 18.2 Å². The van der Waals surface area contributed by atoms with Gasteiger partial charge in [-0.3, -0.25) is 0 Å². The van der Waals surface area contributed by atoms with Gasteiger partial charge in [-0.1, -0.05) is 13.8 Å². The minimum atomic E-state index is -4.71. The summed E-state index contributed by atoms with van der Waals surface area (Å²) in [4.78, 5) is 0. The van der Waals surface area contributed by atoms with Gasteiger partial charge in [-0.2, -0.15) is 0 Å². The molecule has 0 aliphatic carbocycles. The molecule has 0 atom stereocenters. The third-order valence-electron chi connectivity index (χ3n) is 1.90. The quantitative estimate of drug-likeness (QED) is 0.807. The van der Waals surface area contributed by atoms with Gasteiger partial charge in [0, 0.05) is 24.0 Å². The molecule has 0 fully saturated rings. The van der Waals surface area contributed by atoms with Crippen LogP contribution in [-0.4, -0.2) is 19.1 Å². The van der Waals surface area contributed by atoms with Gasteiger partial charge in [0.25, 0.3) is 0 Å². The van der Waals surface area contributed by atoms with Crippen LogP contribution in [-0.2, 0) is 0 Å². The highest BCUT2D eigenvalue weighted by atomic mass is 19.4. The highest BCUT2D eigenvalue weighted by molar-refractivity contribution is 6.01. The lowest BCUT2D eigenvalue weighted by Gasteiger charge is -2.12. The van der Waals surface area contributed by atoms with Crippen LogP contribution in [0.4, 0.5) is 18.9 Å². The van der Waals surface area contributed by atoms with Crippen molar-refractivity contribution in [3.8, 4) is 5.75 Å². The van der Waals surface area contributed by atoms with E-state index in [1.165, 1.54) is 25.1 Å². The number of hydrogen-bond acceptors (Lipinski definition) is 3. The molecule has 0 saturated heterocycles. The lowest BCUT2D eigenvalue weighted by molar-refractivity contribution is -0.274. The molecule has 0 bridgehead atoms. The molecule has 1 aromatic rings. The minimum absolute atomic E-state index is 0.164. The van der Waals surface area contributed by atoms with Crippen molar-refractivity contribution in [2.75, 3.05) is 12.4 Å². The van der Waals surface area contributed by atoms with Crippen molar-refractivity contribution in [1.29, 1.82) is 5.41 Å². The zero-order valence-corrected chi connectivity index (χ0v) is 10.8. The predicted molar refractivity (Wildman–Crippen MR) is 66.5 cm³/mol. The number of ether oxygens (including phenoxy) is 1. The Morgan fingerprint density at radius 1 is 1.28 bits per heavy atom. The first-order valence-corrected chi connectivity index (χ1v) is 5.46. The fourth-order valence-corrected chi connectivity index (χ4v) is 1.25. The molecule has 1 aromatic carbocycles. The zero-order valence-electron chi connectivity index (χ0n) is 10.8. The Bertz CT molecular complexity index is 403. The fourth-order valence-electron chi connectivity index (χ4n) is 1.25. The highest BCUT2D eigenvalue weighted by Gasteiger charge is 2.31. The van der Waals surface area contributed by atoms with Gasteiger partial charge in [0.2, 0.25) is 0 Å². The monoisotopic (exact) mass is 262 g/mol. The van der Waals surface area contributed by atoms with Crippen molar-refractivity contribution in [2.24, 2.45) is 0 Å². The van der Waals surface area contributed by atoms with Crippen molar-refractivity contribution in [2.45, 2.75) is 27.1 Å². The van der Waals surface area contributed by atoms with Crippen LogP contribution >= 0.6 is 0 Å². The van der Waals surface area contributed by atoms with E-state index in [0.29, 0.717) is 11.3 Å². The number of anilines is 1. The summed E-state index contributed by atoms with van der Waals surface area (Å²) in [6.45, 7) is 5.49. The average molecular weight is 262 g/mol. The Morgan fingerprint density at radius 2 is 1.83 bits per heavy atom. The van der Waals surface area contributed by atoms with Crippen molar-refractivity contribution >= 4 is 11.4 Å². The maximum atomic E-state index is 12.0. The molecule has 0 aromatic heterocycles. The van der Waals surface area contributed by atoms with E-state index in [1.54, 1.807) is 7.05 Å². The van der Waals surface area contributed by atoms with Crippen LogP contribution in [0, 0.1) is 5.41 Å². The largest absolute Gasteiger partial charge is 0.573 e. The van der Waals surface area contributed by atoms with Crippen molar-refractivity contribution in [3.05, 3.63) is 23.8 Å². The lowest BCUT2D eigenvalue weighted by atomic mass is 10.1. The number of benzene rings is 1. The third kappa shape index (κ3) is 5.07. The van der Waals surface area contributed by atoms with Crippen LogP contribution in [0.3, 0.4) is 0 Å². The number of rotatable bonds is 3. The standard InChI is InChI=1S/C10H11F3N2O.C2H6/c1-6(14)8-5-7(16-10(11,12)13)3-4-9(8)15-2;1-2/h3-5,14-15H,1-2H3;1-2H3. The van der Waals surface area contributed by atoms with E-state index < -0.39 is 6.36 Å². The second-order valence-electron chi connectivity index (χ2n) is 3.13. The van der Waals surface area contributed by atoms with Gasteiger partial charge >= 0.3 is 6.36 Å². The average Bonchev–Trinajstić information content (AvgIpc) is 2.29. The van der Waals surface area contributed by atoms with E-state index in [4.69, 9.17) is 5.41 Å². The minimum Gasteiger partial charge on any atom is -0.406 e. The fraction of sp³-hybridized carbons (Fsp3) is 0.417. The molecule has 0 unspecified atom stereocenters. The Balaban J connectivity index is 0.00000137. The Kier molecular flexibility index (Phi) is 6.22. The first kappa shape index (κ1) is 16.3. The summed E-state index contributed by atoms with van der Waals surface area (Å²) in [7, 11) is 1.63. The van der Waals surface area contributed by atoms with E-state index in [-0.39, 0.29) is 11.5 Å². The molecule has 2 N–H and O–H groups in total. The van der Waals surface area contributed by atoms with Crippen LogP contribution < -0.4 is 10.1 Å². The van der Waals surface area contributed by atoms with Gasteiger partial charge in [0.1, 0.15) is 5.75 Å². The number of halogens is 3. The van der Waals surface area contributed by atoms with Crippen molar-refractivity contribution < 1.29 is 17.9 Å². The summed E-state index contributed by atoms with van der Waals surface area (Å²) in [5.74, 6) is -0.326. The van der Waals surface area contributed by atoms with Crippen molar-refractivity contribution in [3.63, 3.8) is 0 Å². The summed E-state index contributed by atoms with van der Waals surface area (Å²) in [6.07, 6.45) is -4.71. The van der Waals surface area contributed by atoms with Gasteiger partial charge in [-0.25, -0.2) is 0 Å². The van der Waals surface area contributed by atoms with Crippen molar-refractivity contribution in [1.82, 2.24) is 0 Å². The molecular weight excluding hydrogens is 245 g/mol. The number of alkyl halides is 3. The Labute approximate surface area is 104 Å². The molecule has 1 rings (SSSR count). The maximum Gasteiger partial charge on any atom is 0.573 e. The lowest BCUT2D eigenvalue weighted by Crippen LogP contribution is -2.17. The van der Waals surface area contributed by atoms with E-state index in [1.807, 2.05) is 13.8 Å². The van der Waals surface area contributed by atoms with Gasteiger partial charge in [0.05, 0.1) is 0 Å². The third-order valence-corrected chi connectivity index (χ3v) is 1.90. The topological polar surface area (TPSA) is 45.1 Å². The molecule has 0 radical (unpaired) electrons. The SMILES string of the molecule is CC.CNc1ccc(OC(F)(F)F)cc1C(C)=N. The molecular formula is C12H17F3N2O. The van der Waals surface area contributed by atoms with E-state index >= 15 is 0 Å². The first-order chi connectivity index (χ1) is 8.33. The molecule has 3 nitrogen and oxygen atoms in total. The molecule has 0 aliphatic heterocycles. The van der Waals surface area contributed by atoms with Gasteiger partial charge in [0.15, 0.2) is 0 Å². The summed E-state index contributed by atoms with van der Waals surface area (Å²) in [5, 5.41) is 10.2. The van der Waals surface area contributed by atoms with Crippen LogP contribution in [0.1, 0.15) is 26.3 Å². The molecule has 6 heteroatoms. The summed E-state index contributed by atoms with van der Waals surface area (Å²) >= 11 is 0. The Hall–Kier alpha value is -1.72. The summed E-state index contributed by atoms with van der Waals surface area (Å²) in [6, 6.07) is 3.82. The normalized spacial score (nSPS) is 10.2. The molecule has 0 saturated carbocycles. The van der Waals surface area contributed by atoms with Crippen LogP contribution in [0.2, 0.25) is 0 Å². The summed E-state index contributed by atoms with van der Waals surface area (Å²) in [5.41, 5.74) is 1.13. The molecule has 0 amide bonds. The second kappa shape index (κ2) is 6.88. The molecule has 0 aliphatic rings. The smallest absolute Gasteiger partial charge is 0.406 e. The van der Waals surface area contributed by atoms with Gasteiger partial charge < -0.3 is 15.5 Å². The molecule has 0 heterocycles. The molecule has 18 heavy (non-hydrogen) atoms. The van der Waals surface area contributed by atoms with E-state index in [9.17, 15) is 13.2 Å². The zero-order chi connectivity index (χ0) is 14.3. The van der Waals surface area contributed by atoms with E-state index in [2.05, 4.69) is 10.1 Å². The van der Waals surface area contributed by atoms with Crippen LogP contribution in [0.25, 0.3) is 0 Å². The maximum absolute atomic E-state index is 12.0. The number of hydrogen-bond donors (Lipinski definition) is 2. The second-order valence-corrected chi connectivity index (χ2v) is 3.13. The molecule has 102 valence electrons. The van der Waals surface area contributed by atoms with E-state index in [0.717, 1.165) is 0 Å². The first-order valence-electron chi connectivity index (χ1n) is 5.46. The summed E-state index contributed by atoms with van der Waals surface area (Å²) < 4.78 is 39.7. The van der Waals surface area contributed by atoms with Gasteiger partial charge in [-0.05, 0) is 25.1 Å². The van der Waals surface area contributed by atoms with Crippen LogP contribution in [0.5, 0.6) is 5.75 Å². The highest BCUT2D eigenvalue weighted by Crippen LogP contribution is 2.27. The van der Waals surface area contributed by atoms with Gasteiger partial charge in [-0.15, -0.1) is 13.2 Å². The predicted octanol–water partition coefficient (Wildman–Crippen LogP) is 4.04. The Morgan fingerprint density at radius 3 is 2.22 bits per heavy atom. The molecule has 0 spiro atoms. The number of nitrogens with one attached hydrogen (secondary N) is 2.